The van der Waals surface area contributed by atoms with Gasteiger partial charge < -0.3 is 15.2 Å². The Labute approximate surface area is 162 Å². The van der Waals surface area contributed by atoms with Gasteiger partial charge in [-0.05, 0) is 38.1 Å². The Balaban J connectivity index is 1.52. The summed E-state index contributed by atoms with van der Waals surface area (Å²) in [6.07, 6.45) is 3.80. The highest BCUT2D eigenvalue weighted by atomic mass is 32.1. The minimum atomic E-state index is -0.363. The highest BCUT2D eigenvalue weighted by molar-refractivity contribution is 7.08. The predicted octanol–water partition coefficient (Wildman–Crippen LogP) is 1.64. The number of amides is 2. The van der Waals surface area contributed by atoms with Gasteiger partial charge in [0.1, 0.15) is 0 Å². The lowest BCUT2D eigenvalue weighted by Gasteiger charge is -2.46. The fourth-order valence-electron chi connectivity index (χ4n) is 4.13. The van der Waals surface area contributed by atoms with Gasteiger partial charge in [0.05, 0.1) is 29.2 Å². The van der Waals surface area contributed by atoms with Crippen LogP contribution in [0.2, 0.25) is 0 Å². The first-order chi connectivity index (χ1) is 13.0. The van der Waals surface area contributed by atoms with E-state index in [9.17, 15) is 9.59 Å². The molecule has 27 heavy (non-hydrogen) atoms. The molecule has 0 unspecified atom stereocenters. The molecule has 1 fully saturated rings. The summed E-state index contributed by atoms with van der Waals surface area (Å²) >= 11 is 1.54. The van der Waals surface area contributed by atoms with Crippen molar-refractivity contribution in [2.75, 3.05) is 13.1 Å². The third-order valence-corrected chi connectivity index (χ3v) is 6.13. The first-order valence-corrected chi connectivity index (χ1v) is 10.3. The molecule has 2 aromatic heterocycles. The average molecular weight is 388 g/mol. The van der Waals surface area contributed by atoms with Crippen LogP contribution < -0.4 is 10.6 Å². The molecule has 1 spiro atoms. The van der Waals surface area contributed by atoms with Crippen LogP contribution in [0.1, 0.15) is 48.4 Å². The van der Waals surface area contributed by atoms with Gasteiger partial charge in [-0.25, -0.2) is 4.98 Å². The molecular formula is C19H25N5O2S. The number of imidazole rings is 1. The number of nitrogens with zero attached hydrogens (tertiary/aromatic N) is 2. The zero-order valence-electron chi connectivity index (χ0n) is 15.6. The molecule has 7 nitrogen and oxygen atoms in total. The zero-order valence-corrected chi connectivity index (χ0v) is 16.4. The van der Waals surface area contributed by atoms with E-state index in [0.29, 0.717) is 19.5 Å². The van der Waals surface area contributed by atoms with Gasteiger partial charge in [-0.3, -0.25) is 14.9 Å². The van der Waals surface area contributed by atoms with Crippen LogP contribution in [0.25, 0.3) is 0 Å². The van der Waals surface area contributed by atoms with E-state index in [-0.39, 0.29) is 29.4 Å². The summed E-state index contributed by atoms with van der Waals surface area (Å²) in [7, 11) is 0. The van der Waals surface area contributed by atoms with Gasteiger partial charge in [0.2, 0.25) is 5.91 Å². The average Bonchev–Trinajstić information content (AvgIpc) is 3.33. The molecule has 4 rings (SSSR count). The summed E-state index contributed by atoms with van der Waals surface area (Å²) in [6, 6.07) is 1.68. The Morgan fingerprint density at radius 3 is 2.81 bits per heavy atom. The number of rotatable bonds is 3. The third kappa shape index (κ3) is 3.39. The van der Waals surface area contributed by atoms with E-state index in [1.54, 1.807) is 6.33 Å². The second kappa shape index (κ2) is 7.09. The van der Waals surface area contributed by atoms with E-state index in [1.807, 2.05) is 35.6 Å². The van der Waals surface area contributed by atoms with Gasteiger partial charge in [0, 0.05) is 36.6 Å². The van der Waals surface area contributed by atoms with Crippen molar-refractivity contribution in [2.45, 2.75) is 50.7 Å². The summed E-state index contributed by atoms with van der Waals surface area (Å²) in [6.45, 7) is 5.22. The monoisotopic (exact) mass is 387 g/mol. The first-order valence-electron chi connectivity index (χ1n) is 9.41. The summed E-state index contributed by atoms with van der Waals surface area (Å²) < 4.78 is 0. The van der Waals surface area contributed by atoms with Crippen molar-refractivity contribution in [3.8, 4) is 0 Å². The molecule has 0 aromatic carbocycles. The molecule has 1 atom stereocenters. The zero-order chi connectivity index (χ0) is 19.0. The smallest absolute Gasteiger partial charge is 0.254 e. The van der Waals surface area contributed by atoms with Gasteiger partial charge in [-0.1, -0.05) is 0 Å². The number of nitrogens with one attached hydrogen (secondary N) is 3. The molecule has 0 radical (unpaired) electrons. The van der Waals surface area contributed by atoms with Gasteiger partial charge in [-0.2, -0.15) is 11.3 Å². The van der Waals surface area contributed by atoms with Crippen molar-refractivity contribution in [1.82, 2.24) is 25.5 Å². The normalized spacial score (nSPS) is 21.3. The van der Waals surface area contributed by atoms with E-state index in [4.69, 9.17) is 0 Å². The van der Waals surface area contributed by atoms with Crippen LogP contribution in [-0.4, -0.2) is 51.9 Å². The fraction of sp³-hybridized carbons (Fsp3) is 0.526. The largest absolute Gasteiger partial charge is 0.353 e. The maximum atomic E-state index is 12.6. The van der Waals surface area contributed by atoms with E-state index >= 15 is 0 Å². The number of H-pyrrole nitrogens is 1. The highest BCUT2D eigenvalue weighted by Crippen LogP contribution is 2.37. The number of carbonyl (C=O) groups excluding carboxylic acids is 2. The topological polar surface area (TPSA) is 90.1 Å². The molecule has 2 aliphatic rings. The van der Waals surface area contributed by atoms with Crippen LogP contribution in [0, 0.1) is 0 Å². The van der Waals surface area contributed by atoms with E-state index in [2.05, 4.69) is 20.6 Å². The number of carbonyl (C=O) groups is 2. The van der Waals surface area contributed by atoms with Crippen molar-refractivity contribution in [1.29, 1.82) is 0 Å². The first kappa shape index (κ1) is 18.2. The summed E-state index contributed by atoms with van der Waals surface area (Å²) in [5.74, 6) is 0.0969. The Morgan fingerprint density at radius 1 is 1.37 bits per heavy atom. The minimum Gasteiger partial charge on any atom is -0.353 e. The lowest BCUT2D eigenvalue weighted by atomic mass is 9.78. The molecule has 3 N–H and O–H groups in total. The molecule has 0 bridgehead atoms. The summed E-state index contributed by atoms with van der Waals surface area (Å²) in [4.78, 5) is 34.9. The summed E-state index contributed by atoms with van der Waals surface area (Å²) in [5.41, 5.74) is 2.41. The number of aromatic nitrogens is 2. The molecular weight excluding hydrogens is 362 g/mol. The van der Waals surface area contributed by atoms with Gasteiger partial charge in [-0.15, -0.1) is 0 Å². The molecule has 0 aliphatic carbocycles. The van der Waals surface area contributed by atoms with Gasteiger partial charge in [0.25, 0.3) is 5.91 Å². The highest BCUT2D eigenvalue weighted by Gasteiger charge is 2.46. The number of likely N-dealkylation sites (tertiary alicyclic amines) is 1. The molecule has 8 heteroatoms. The minimum absolute atomic E-state index is 0.0152. The van der Waals surface area contributed by atoms with Crippen LogP contribution in [0.3, 0.4) is 0 Å². The number of hydrogen-bond donors (Lipinski definition) is 3. The standard InChI is InChI=1S/C19H25N5O2S/c1-12(2)22-17(25)15-9-14-16(21-11-20-14)19(23-15)4-6-24(7-5-19)18(26)13-3-8-27-10-13/h3,8,10-12,15,23H,4-7,9H2,1-2H3,(H,20,21)(H,22,25)/t15-/m0/s1. The molecule has 2 aromatic rings. The number of piperidine rings is 1. The molecule has 1 saturated heterocycles. The second-order valence-corrected chi connectivity index (χ2v) is 8.46. The van der Waals surface area contributed by atoms with E-state index < -0.39 is 0 Å². The fourth-order valence-corrected chi connectivity index (χ4v) is 4.76. The maximum absolute atomic E-state index is 12.6. The molecule has 4 heterocycles. The number of aromatic amines is 1. The molecule has 0 saturated carbocycles. The van der Waals surface area contributed by atoms with Crippen LogP contribution in [0.15, 0.2) is 23.2 Å². The van der Waals surface area contributed by atoms with Crippen molar-refractivity contribution < 1.29 is 9.59 Å². The summed E-state index contributed by atoms with van der Waals surface area (Å²) in [5, 5.41) is 10.4. The van der Waals surface area contributed by atoms with E-state index in [1.165, 1.54) is 11.3 Å². The van der Waals surface area contributed by atoms with Crippen molar-refractivity contribution in [3.05, 3.63) is 40.1 Å². The van der Waals surface area contributed by atoms with Gasteiger partial charge in [0.15, 0.2) is 0 Å². The molecule has 144 valence electrons. The van der Waals surface area contributed by atoms with Crippen molar-refractivity contribution in [3.63, 3.8) is 0 Å². The molecule has 2 amide bonds. The van der Waals surface area contributed by atoms with Crippen LogP contribution in [0.5, 0.6) is 0 Å². The van der Waals surface area contributed by atoms with Crippen LogP contribution >= 0.6 is 11.3 Å². The van der Waals surface area contributed by atoms with Crippen LogP contribution in [-0.2, 0) is 16.8 Å². The molecule has 2 aliphatic heterocycles. The Bertz CT molecular complexity index is 821. The maximum Gasteiger partial charge on any atom is 0.254 e. The Hall–Kier alpha value is -2.19. The quantitative estimate of drug-likeness (QED) is 0.747. The lowest BCUT2D eigenvalue weighted by Crippen LogP contribution is -2.62. The van der Waals surface area contributed by atoms with E-state index in [0.717, 1.165) is 29.8 Å². The third-order valence-electron chi connectivity index (χ3n) is 5.45. The number of thiophene rings is 1. The van der Waals surface area contributed by atoms with Crippen molar-refractivity contribution in [2.24, 2.45) is 0 Å². The Kier molecular flexibility index (Phi) is 4.77. The number of hydrogen-bond acceptors (Lipinski definition) is 5. The van der Waals surface area contributed by atoms with Crippen molar-refractivity contribution >= 4 is 23.2 Å². The van der Waals surface area contributed by atoms with Crippen LogP contribution in [0.4, 0.5) is 0 Å². The van der Waals surface area contributed by atoms with Gasteiger partial charge >= 0.3 is 0 Å². The SMILES string of the molecule is CC(C)NC(=O)[C@@H]1Cc2[nH]cnc2C2(CCN(C(=O)c3ccsc3)CC2)N1. The lowest BCUT2D eigenvalue weighted by molar-refractivity contribution is -0.124. The predicted molar refractivity (Wildman–Crippen MR) is 104 cm³/mol. The second-order valence-electron chi connectivity index (χ2n) is 7.68. The Morgan fingerprint density at radius 2 is 2.15 bits per heavy atom. The number of fused-ring (bicyclic) bond motifs is 2.